The number of methoxy groups -OCH3 is 1. The van der Waals surface area contributed by atoms with Gasteiger partial charge in [-0.3, -0.25) is 0 Å². The fourth-order valence-corrected chi connectivity index (χ4v) is 1.93. The summed E-state index contributed by atoms with van der Waals surface area (Å²) in [6.07, 6.45) is -0.568. The standard InChI is InChI=1S/C16H22FNO4/c1-15(2,3)22-14(20)18-16(4,13(19)21-5)10-11-6-8-12(17)9-7-11/h6-9H,10H2,1-5H3,(H,18,20). The molecule has 6 heteroatoms. The van der Waals surface area contributed by atoms with Gasteiger partial charge in [0.25, 0.3) is 0 Å². The van der Waals surface area contributed by atoms with Crippen molar-refractivity contribution < 1.29 is 23.5 Å². The molecule has 0 aromatic heterocycles. The Balaban J connectivity index is 2.92. The van der Waals surface area contributed by atoms with E-state index >= 15 is 0 Å². The molecule has 122 valence electrons. The van der Waals surface area contributed by atoms with E-state index in [1.807, 2.05) is 0 Å². The lowest BCUT2D eigenvalue weighted by Gasteiger charge is -2.29. The van der Waals surface area contributed by atoms with Gasteiger partial charge in [-0.15, -0.1) is 0 Å². The maximum absolute atomic E-state index is 13.0. The van der Waals surface area contributed by atoms with E-state index in [0.717, 1.165) is 0 Å². The molecular formula is C16H22FNO4. The smallest absolute Gasteiger partial charge is 0.408 e. The van der Waals surface area contributed by atoms with Gasteiger partial charge >= 0.3 is 12.1 Å². The van der Waals surface area contributed by atoms with E-state index in [4.69, 9.17) is 9.47 Å². The summed E-state index contributed by atoms with van der Waals surface area (Å²) in [7, 11) is 1.24. The second-order valence-corrected chi connectivity index (χ2v) is 6.25. The van der Waals surface area contributed by atoms with Crippen LogP contribution in [0.15, 0.2) is 24.3 Å². The lowest BCUT2D eigenvalue weighted by atomic mass is 9.93. The van der Waals surface area contributed by atoms with Gasteiger partial charge in [-0.05, 0) is 45.4 Å². The van der Waals surface area contributed by atoms with Gasteiger partial charge in [-0.25, -0.2) is 14.0 Å². The minimum absolute atomic E-state index is 0.152. The number of carbonyl (C=O) groups is 2. The molecule has 1 rings (SSSR count). The Morgan fingerprint density at radius 1 is 1.14 bits per heavy atom. The number of benzene rings is 1. The zero-order chi connectivity index (χ0) is 17.0. The van der Waals surface area contributed by atoms with E-state index in [1.165, 1.54) is 26.2 Å². The van der Waals surface area contributed by atoms with E-state index < -0.39 is 23.2 Å². The van der Waals surface area contributed by atoms with Crippen molar-refractivity contribution in [1.82, 2.24) is 5.32 Å². The highest BCUT2D eigenvalue weighted by Crippen LogP contribution is 2.17. The van der Waals surface area contributed by atoms with Crippen LogP contribution in [0, 0.1) is 5.82 Å². The zero-order valence-electron chi connectivity index (χ0n) is 13.5. The summed E-state index contributed by atoms with van der Waals surface area (Å²) in [4.78, 5) is 24.0. The molecule has 0 fully saturated rings. The first-order valence-corrected chi connectivity index (χ1v) is 6.90. The van der Waals surface area contributed by atoms with Gasteiger partial charge in [0.05, 0.1) is 7.11 Å². The molecule has 22 heavy (non-hydrogen) atoms. The lowest BCUT2D eigenvalue weighted by Crippen LogP contribution is -2.55. The van der Waals surface area contributed by atoms with Gasteiger partial charge in [0, 0.05) is 6.42 Å². The number of carbonyl (C=O) groups excluding carboxylic acids is 2. The van der Waals surface area contributed by atoms with Crippen LogP contribution in [-0.4, -0.2) is 30.3 Å². The van der Waals surface area contributed by atoms with E-state index in [-0.39, 0.29) is 12.2 Å². The second-order valence-electron chi connectivity index (χ2n) is 6.25. The van der Waals surface area contributed by atoms with E-state index in [0.29, 0.717) is 5.56 Å². The Morgan fingerprint density at radius 2 is 1.68 bits per heavy atom. The zero-order valence-corrected chi connectivity index (χ0v) is 13.5. The number of ether oxygens (including phenoxy) is 2. The van der Waals surface area contributed by atoms with Crippen LogP contribution in [0.5, 0.6) is 0 Å². The molecule has 0 aliphatic carbocycles. The molecule has 1 amide bonds. The van der Waals surface area contributed by atoms with Gasteiger partial charge in [0.15, 0.2) is 0 Å². The van der Waals surface area contributed by atoms with Crippen LogP contribution in [0.3, 0.4) is 0 Å². The molecule has 1 unspecified atom stereocenters. The SMILES string of the molecule is COC(=O)C(C)(Cc1ccc(F)cc1)NC(=O)OC(C)(C)C. The van der Waals surface area contributed by atoms with Gasteiger partial charge in [0.2, 0.25) is 0 Å². The number of rotatable bonds is 4. The normalized spacial score (nSPS) is 13.9. The number of nitrogens with one attached hydrogen (secondary N) is 1. The molecule has 1 atom stereocenters. The van der Waals surface area contributed by atoms with Gasteiger partial charge in [0.1, 0.15) is 17.0 Å². The van der Waals surface area contributed by atoms with Crippen LogP contribution in [0.25, 0.3) is 0 Å². The quantitative estimate of drug-likeness (QED) is 0.868. The van der Waals surface area contributed by atoms with E-state index in [1.54, 1.807) is 32.9 Å². The maximum Gasteiger partial charge on any atom is 0.408 e. The number of alkyl carbamates (subject to hydrolysis) is 1. The van der Waals surface area contributed by atoms with Crippen molar-refractivity contribution >= 4 is 12.1 Å². The molecule has 1 aromatic rings. The molecule has 0 aliphatic rings. The first-order valence-electron chi connectivity index (χ1n) is 6.90. The van der Waals surface area contributed by atoms with Crippen molar-refractivity contribution in [2.75, 3.05) is 7.11 Å². The topological polar surface area (TPSA) is 64.6 Å². The maximum atomic E-state index is 13.0. The summed E-state index contributed by atoms with van der Waals surface area (Å²) in [5.74, 6) is -0.980. The van der Waals surface area contributed by atoms with Gasteiger partial charge < -0.3 is 14.8 Å². The van der Waals surface area contributed by atoms with Crippen molar-refractivity contribution in [3.63, 3.8) is 0 Å². The molecule has 0 aliphatic heterocycles. The molecule has 1 N–H and O–H groups in total. The van der Waals surface area contributed by atoms with Crippen LogP contribution < -0.4 is 5.32 Å². The van der Waals surface area contributed by atoms with Gasteiger partial charge in [-0.1, -0.05) is 12.1 Å². The Hall–Kier alpha value is -2.11. The van der Waals surface area contributed by atoms with Crippen LogP contribution in [-0.2, 0) is 20.7 Å². The van der Waals surface area contributed by atoms with Crippen molar-refractivity contribution in [2.45, 2.75) is 45.3 Å². The summed E-state index contributed by atoms with van der Waals surface area (Å²) >= 11 is 0. The molecule has 5 nitrogen and oxygen atoms in total. The molecular weight excluding hydrogens is 289 g/mol. The minimum atomic E-state index is -1.31. The monoisotopic (exact) mass is 311 g/mol. The number of hydrogen-bond acceptors (Lipinski definition) is 4. The Bertz CT molecular complexity index is 536. The van der Waals surface area contributed by atoms with Crippen LogP contribution in [0.1, 0.15) is 33.3 Å². The average Bonchev–Trinajstić information content (AvgIpc) is 2.38. The van der Waals surface area contributed by atoms with Crippen LogP contribution in [0.2, 0.25) is 0 Å². The molecule has 0 saturated heterocycles. The van der Waals surface area contributed by atoms with E-state index in [2.05, 4.69) is 5.32 Å². The third kappa shape index (κ3) is 5.35. The number of hydrogen-bond donors (Lipinski definition) is 1. The molecule has 0 heterocycles. The highest BCUT2D eigenvalue weighted by molar-refractivity contribution is 5.85. The van der Waals surface area contributed by atoms with Gasteiger partial charge in [-0.2, -0.15) is 0 Å². The van der Waals surface area contributed by atoms with Crippen molar-refractivity contribution in [2.24, 2.45) is 0 Å². The second kappa shape index (κ2) is 6.77. The Kier molecular flexibility index (Phi) is 5.52. The largest absolute Gasteiger partial charge is 0.467 e. The first-order chi connectivity index (χ1) is 10.1. The van der Waals surface area contributed by atoms with Crippen LogP contribution >= 0.6 is 0 Å². The third-order valence-electron chi connectivity index (χ3n) is 2.88. The summed E-state index contributed by atoms with van der Waals surface area (Å²) in [5.41, 5.74) is -1.31. The number of halogens is 1. The summed E-state index contributed by atoms with van der Waals surface area (Å²) in [6.45, 7) is 6.71. The molecule has 0 spiro atoms. The number of amides is 1. The Labute approximate surface area is 129 Å². The van der Waals surface area contributed by atoms with Crippen molar-refractivity contribution in [1.29, 1.82) is 0 Å². The highest BCUT2D eigenvalue weighted by Gasteiger charge is 2.37. The summed E-state index contributed by atoms with van der Waals surface area (Å²) < 4.78 is 22.9. The summed E-state index contributed by atoms with van der Waals surface area (Å²) in [6, 6.07) is 5.68. The molecule has 0 radical (unpaired) electrons. The lowest BCUT2D eigenvalue weighted by molar-refractivity contribution is -0.147. The van der Waals surface area contributed by atoms with Crippen molar-refractivity contribution in [3.8, 4) is 0 Å². The van der Waals surface area contributed by atoms with E-state index in [9.17, 15) is 14.0 Å². The minimum Gasteiger partial charge on any atom is -0.467 e. The van der Waals surface area contributed by atoms with Crippen LogP contribution in [0.4, 0.5) is 9.18 Å². The average molecular weight is 311 g/mol. The predicted octanol–water partition coefficient (Wildman–Crippen LogP) is 2.82. The Morgan fingerprint density at radius 3 is 2.14 bits per heavy atom. The van der Waals surface area contributed by atoms with Crippen molar-refractivity contribution in [3.05, 3.63) is 35.6 Å². The highest BCUT2D eigenvalue weighted by atomic mass is 19.1. The number of esters is 1. The fourth-order valence-electron chi connectivity index (χ4n) is 1.93. The first kappa shape index (κ1) is 17.9. The molecule has 1 aromatic carbocycles. The summed E-state index contributed by atoms with van der Waals surface area (Å²) in [5, 5.41) is 2.53. The molecule has 0 bridgehead atoms. The predicted molar refractivity (Wildman–Crippen MR) is 79.9 cm³/mol. The third-order valence-corrected chi connectivity index (χ3v) is 2.88. The molecule has 0 saturated carbocycles. The fraction of sp³-hybridized carbons (Fsp3) is 0.500.